The van der Waals surface area contributed by atoms with E-state index in [0.29, 0.717) is 11.8 Å². The highest BCUT2D eigenvalue weighted by molar-refractivity contribution is 5.34. The first-order valence-corrected chi connectivity index (χ1v) is 8.74. The van der Waals surface area contributed by atoms with E-state index >= 15 is 0 Å². The lowest BCUT2D eigenvalue weighted by atomic mass is 9.93. The van der Waals surface area contributed by atoms with E-state index in [4.69, 9.17) is 10.5 Å². The molecular formula is C19H32N2O. The fourth-order valence-corrected chi connectivity index (χ4v) is 3.37. The number of rotatable bonds is 6. The van der Waals surface area contributed by atoms with Gasteiger partial charge in [-0.2, -0.15) is 0 Å². The normalized spacial score (nSPS) is 25.5. The highest BCUT2D eigenvalue weighted by Gasteiger charge is 2.22. The van der Waals surface area contributed by atoms with Crippen molar-refractivity contribution < 1.29 is 4.74 Å². The molecule has 0 saturated carbocycles. The Balaban J connectivity index is 2.15. The zero-order chi connectivity index (χ0) is 15.9. The summed E-state index contributed by atoms with van der Waals surface area (Å²) in [6, 6.07) is 0. The molecule has 0 aromatic heterocycles. The fourth-order valence-electron chi connectivity index (χ4n) is 3.37. The Morgan fingerprint density at radius 1 is 1.27 bits per heavy atom. The van der Waals surface area contributed by atoms with Crippen molar-refractivity contribution in [2.75, 3.05) is 32.8 Å². The fraction of sp³-hybridized carbons (Fsp3) is 0.684. The first-order chi connectivity index (χ1) is 10.6. The highest BCUT2D eigenvalue weighted by Crippen LogP contribution is 2.26. The second kappa shape index (κ2) is 8.54. The predicted octanol–water partition coefficient (Wildman–Crippen LogP) is 3.49. The summed E-state index contributed by atoms with van der Waals surface area (Å²) in [6.45, 7) is 11.5. The topological polar surface area (TPSA) is 38.5 Å². The summed E-state index contributed by atoms with van der Waals surface area (Å²) < 4.78 is 5.59. The predicted molar refractivity (Wildman–Crippen MR) is 93.5 cm³/mol. The van der Waals surface area contributed by atoms with E-state index in [2.05, 4.69) is 43.9 Å². The molecule has 2 fully saturated rings. The number of hydrogen-bond acceptors (Lipinski definition) is 3. The van der Waals surface area contributed by atoms with Crippen LogP contribution in [0.3, 0.4) is 0 Å². The number of nitrogens with two attached hydrogens (primary N) is 1. The van der Waals surface area contributed by atoms with E-state index in [-0.39, 0.29) is 0 Å². The Labute approximate surface area is 135 Å². The number of ether oxygens (including phenoxy) is 1. The third-order valence-electron chi connectivity index (χ3n) is 4.79. The molecule has 0 aromatic carbocycles. The van der Waals surface area contributed by atoms with Crippen LogP contribution >= 0.6 is 0 Å². The van der Waals surface area contributed by atoms with Crippen LogP contribution in [0.2, 0.25) is 0 Å². The molecule has 2 aliphatic rings. The standard InChI is InChI=1S/C19H32N2O/c1-4-16(15(2)3)7-8-18(17-9-12-22-14-17)19(20)13-21-10-5-6-11-21/h4,7-8,15,17H,5-6,9-14,20H2,1-3H3/b8-7-,16-4+,19-18+/t17-/m0/s1. The smallest absolute Gasteiger partial charge is 0.0536 e. The zero-order valence-electron chi connectivity index (χ0n) is 14.5. The molecule has 22 heavy (non-hydrogen) atoms. The Morgan fingerprint density at radius 3 is 2.55 bits per heavy atom. The lowest BCUT2D eigenvalue weighted by Gasteiger charge is -2.20. The molecule has 0 aliphatic carbocycles. The van der Waals surface area contributed by atoms with Gasteiger partial charge in [-0.1, -0.05) is 32.1 Å². The Kier molecular flexibility index (Phi) is 6.71. The Bertz CT molecular complexity index is 436. The van der Waals surface area contributed by atoms with Crippen LogP contribution in [0.4, 0.5) is 0 Å². The molecule has 0 radical (unpaired) electrons. The molecule has 3 nitrogen and oxygen atoms in total. The molecule has 0 amide bonds. The van der Waals surface area contributed by atoms with Crippen molar-refractivity contribution in [2.24, 2.45) is 17.6 Å². The van der Waals surface area contributed by atoms with Crippen LogP contribution in [0.15, 0.2) is 35.1 Å². The number of likely N-dealkylation sites (tertiary alicyclic amines) is 1. The monoisotopic (exact) mass is 304 g/mol. The Morgan fingerprint density at radius 2 is 2.00 bits per heavy atom. The van der Waals surface area contributed by atoms with Gasteiger partial charge in [0.15, 0.2) is 0 Å². The van der Waals surface area contributed by atoms with Gasteiger partial charge in [0.1, 0.15) is 0 Å². The van der Waals surface area contributed by atoms with Gasteiger partial charge in [0.05, 0.1) is 6.61 Å². The minimum atomic E-state index is 0.462. The van der Waals surface area contributed by atoms with Crippen LogP contribution < -0.4 is 5.73 Å². The zero-order valence-corrected chi connectivity index (χ0v) is 14.5. The van der Waals surface area contributed by atoms with Crippen LogP contribution in [0.1, 0.15) is 40.0 Å². The molecule has 0 unspecified atom stereocenters. The molecule has 0 aromatic rings. The molecular weight excluding hydrogens is 272 g/mol. The van der Waals surface area contributed by atoms with Gasteiger partial charge in [-0.05, 0) is 56.3 Å². The minimum Gasteiger partial charge on any atom is -0.401 e. The van der Waals surface area contributed by atoms with Crippen molar-refractivity contribution in [3.05, 3.63) is 35.1 Å². The van der Waals surface area contributed by atoms with E-state index in [9.17, 15) is 0 Å². The number of allylic oxidation sites excluding steroid dienone is 4. The average molecular weight is 304 g/mol. The van der Waals surface area contributed by atoms with Crippen LogP contribution in [-0.2, 0) is 4.74 Å². The quantitative estimate of drug-likeness (QED) is 0.763. The van der Waals surface area contributed by atoms with Crippen LogP contribution in [0, 0.1) is 11.8 Å². The maximum atomic E-state index is 6.49. The van der Waals surface area contributed by atoms with E-state index in [1.54, 1.807) is 0 Å². The summed E-state index contributed by atoms with van der Waals surface area (Å²) in [5.74, 6) is 1.01. The maximum absolute atomic E-state index is 6.49. The largest absolute Gasteiger partial charge is 0.401 e. The van der Waals surface area contributed by atoms with Gasteiger partial charge in [0, 0.05) is 24.8 Å². The average Bonchev–Trinajstić information content (AvgIpc) is 3.16. The molecule has 2 rings (SSSR count). The van der Waals surface area contributed by atoms with Crippen molar-refractivity contribution >= 4 is 0 Å². The van der Waals surface area contributed by atoms with E-state index in [1.165, 1.54) is 37.1 Å². The van der Waals surface area contributed by atoms with Gasteiger partial charge in [-0.25, -0.2) is 0 Å². The highest BCUT2D eigenvalue weighted by atomic mass is 16.5. The third-order valence-corrected chi connectivity index (χ3v) is 4.79. The summed E-state index contributed by atoms with van der Waals surface area (Å²) in [7, 11) is 0. The number of nitrogens with zero attached hydrogens (tertiary/aromatic N) is 1. The van der Waals surface area contributed by atoms with Gasteiger partial charge in [0.25, 0.3) is 0 Å². The first kappa shape index (κ1) is 17.3. The van der Waals surface area contributed by atoms with E-state index < -0.39 is 0 Å². The van der Waals surface area contributed by atoms with Gasteiger partial charge < -0.3 is 10.5 Å². The van der Waals surface area contributed by atoms with E-state index in [1.807, 2.05) is 0 Å². The van der Waals surface area contributed by atoms with Gasteiger partial charge in [0.2, 0.25) is 0 Å². The molecule has 2 saturated heterocycles. The second-order valence-electron chi connectivity index (χ2n) is 6.80. The molecule has 2 heterocycles. The minimum absolute atomic E-state index is 0.462. The van der Waals surface area contributed by atoms with Crippen LogP contribution in [-0.4, -0.2) is 37.7 Å². The van der Waals surface area contributed by atoms with Gasteiger partial charge in [-0.3, -0.25) is 4.90 Å². The molecule has 2 N–H and O–H groups in total. The lowest BCUT2D eigenvalue weighted by Crippen LogP contribution is -2.27. The summed E-state index contributed by atoms with van der Waals surface area (Å²) in [5, 5.41) is 0. The lowest BCUT2D eigenvalue weighted by molar-refractivity contribution is 0.190. The summed E-state index contributed by atoms with van der Waals surface area (Å²) in [6.07, 6.45) is 10.4. The van der Waals surface area contributed by atoms with Crippen molar-refractivity contribution in [3.8, 4) is 0 Å². The molecule has 2 aliphatic heterocycles. The molecule has 124 valence electrons. The van der Waals surface area contributed by atoms with Crippen molar-refractivity contribution in [1.82, 2.24) is 4.90 Å². The van der Waals surface area contributed by atoms with E-state index in [0.717, 1.165) is 31.9 Å². The maximum Gasteiger partial charge on any atom is 0.0536 e. The van der Waals surface area contributed by atoms with Crippen molar-refractivity contribution in [2.45, 2.75) is 40.0 Å². The Hall–Kier alpha value is -1.06. The van der Waals surface area contributed by atoms with Crippen LogP contribution in [0.5, 0.6) is 0 Å². The second-order valence-corrected chi connectivity index (χ2v) is 6.80. The van der Waals surface area contributed by atoms with Crippen LogP contribution in [0.25, 0.3) is 0 Å². The SMILES string of the molecule is C\C=C(/C=C\C(=C(/N)CN1CCCC1)[C@H]1CCOC1)C(C)C. The molecule has 1 atom stereocenters. The molecule has 0 bridgehead atoms. The summed E-state index contributed by atoms with van der Waals surface area (Å²) in [4.78, 5) is 2.47. The summed E-state index contributed by atoms with van der Waals surface area (Å²) >= 11 is 0. The molecule has 3 heteroatoms. The van der Waals surface area contributed by atoms with Crippen molar-refractivity contribution in [1.29, 1.82) is 0 Å². The molecule has 0 spiro atoms. The van der Waals surface area contributed by atoms with Gasteiger partial charge in [-0.15, -0.1) is 0 Å². The summed E-state index contributed by atoms with van der Waals surface area (Å²) in [5.41, 5.74) is 10.2. The van der Waals surface area contributed by atoms with Crippen molar-refractivity contribution in [3.63, 3.8) is 0 Å². The first-order valence-electron chi connectivity index (χ1n) is 8.74. The third kappa shape index (κ3) is 4.72. The van der Waals surface area contributed by atoms with Gasteiger partial charge >= 0.3 is 0 Å². The number of hydrogen-bond donors (Lipinski definition) is 1.